The number of carbonyl (C=O) groups is 1. The van der Waals surface area contributed by atoms with Crippen molar-refractivity contribution in [2.75, 3.05) is 11.5 Å². The first kappa shape index (κ1) is 11.7. The van der Waals surface area contributed by atoms with E-state index < -0.39 is 0 Å². The first-order chi connectivity index (χ1) is 5.81. The average Bonchev–Trinajstić information content (AvgIpc) is 2.05. The van der Waals surface area contributed by atoms with Gasteiger partial charge in [-0.3, -0.25) is 4.79 Å². The molecule has 0 saturated heterocycles. The summed E-state index contributed by atoms with van der Waals surface area (Å²) in [7, 11) is 0. The van der Waals surface area contributed by atoms with Crippen LogP contribution in [0.2, 0.25) is 0 Å². The second-order valence-corrected chi connectivity index (χ2v) is 3.53. The van der Waals surface area contributed by atoms with Crippen LogP contribution < -0.4 is 11.4 Å². The molecule has 0 bridgehead atoms. The van der Waals surface area contributed by atoms with Gasteiger partial charge in [-0.2, -0.15) is 11.8 Å². The van der Waals surface area contributed by atoms with Crippen molar-refractivity contribution in [1.29, 1.82) is 0 Å². The van der Waals surface area contributed by atoms with Gasteiger partial charge in [0.1, 0.15) is 0 Å². The molecule has 4 nitrogen and oxygen atoms in total. The largest absolute Gasteiger partial charge is 0.356 e. The first-order valence-electron chi connectivity index (χ1n) is 4.04. The average molecular weight is 192 g/mol. The summed E-state index contributed by atoms with van der Waals surface area (Å²) in [6, 6.07) is 0. The van der Waals surface area contributed by atoms with Crippen LogP contribution in [0, 0.1) is 0 Å². The van der Waals surface area contributed by atoms with Crippen molar-refractivity contribution in [2.45, 2.75) is 26.2 Å². The number of hydrogen-bond donors (Lipinski definition) is 2. The molecule has 5 heteroatoms. The van der Waals surface area contributed by atoms with Crippen molar-refractivity contribution in [1.82, 2.24) is 5.59 Å². The van der Waals surface area contributed by atoms with Crippen molar-refractivity contribution >= 4 is 17.7 Å². The van der Waals surface area contributed by atoms with Crippen LogP contribution in [-0.2, 0) is 9.63 Å². The molecule has 0 radical (unpaired) electrons. The van der Waals surface area contributed by atoms with Crippen LogP contribution in [0.4, 0.5) is 0 Å². The molecule has 0 aliphatic heterocycles. The number of unbranched alkanes of at least 4 members (excludes halogenated alkanes) is 1. The van der Waals surface area contributed by atoms with Crippen LogP contribution in [-0.4, -0.2) is 17.5 Å². The Labute approximate surface area is 77.1 Å². The quantitative estimate of drug-likeness (QED) is 0.355. The van der Waals surface area contributed by atoms with Gasteiger partial charge in [0.25, 0.3) is 0 Å². The molecular formula is C7H16N2O2S. The lowest BCUT2D eigenvalue weighted by atomic mass is 10.4. The Hall–Kier alpha value is -0.260. The normalized spacial score (nSPS) is 9.83. The van der Waals surface area contributed by atoms with E-state index in [1.54, 1.807) is 11.8 Å². The number of carbonyl (C=O) groups excluding carboxylic acids is 1. The van der Waals surface area contributed by atoms with Crippen molar-refractivity contribution in [3.63, 3.8) is 0 Å². The summed E-state index contributed by atoms with van der Waals surface area (Å²) in [6.45, 7) is 2.15. The lowest BCUT2D eigenvalue weighted by molar-refractivity contribution is -0.150. The summed E-state index contributed by atoms with van der Waals surface area (Å²) in [5.41, 5.74) is 1.86. The fraction of sp³-hybridized carbons (Fsp3) is 0.857. The van der Waals surface area contributed by atoms with Gasteiger partial charge in [-0.25, -0.2) is 5.84 Å². The summed E-state index contributed by atoms with van der Waals surface area (Å²) >= 11 is 1.76. The van der Waals surface area contributed by atoms with Crippen molar-refractivity contribution in [3.05, 3.63) is 0 Å². The highest BCUT2D eigenvalue weighted by Crippen LogP contribution is 2.05. The van der Waals surface area contributed by atoms with Crippen LogP contribution in [0.25, 0.3) is 0 Å². The molecule has 0 unspecified atom stereocenters. The van der Waals surface area contributed by atoms with E-state index in [9.17, 15) is 4.79 Å². The predicted octanol–water partition coefficient (Wildman–Crippen LogP) is 0.831. The minimum absolute atomic E-state index is 0.304. The van der Waals surface area contributed by atoms with Crippen LogP contribution in [0.5, 0.6) is 0 Å². The summed E-state index contributed by atoms with van der Waals surface area (Å²) < 4.78 is 0. The van der Waals surface area contributed by atoms with Gasteiger partial charge >= 0.3 is 5.97 Å². The van der Waals surface area contributed by atoms with Crippen LogP contribution in [0.15, 0.2) is 0 Å². The van der Waals surface area contributed by atoms with E-state index in [2.05, 4.69) is 11.8 Å². The highest BCUT2D eigenvalue weighted by Gasteiger charge is 2.00. The van der Waals surface area contributed by atoms with E-state index in [1.165, 1.54) is 12.8 Å². The van der Waals surface area contributed by atoms with Gasteiger partial charge in [0, 0.05) is 5.75 Å². The second-order valence-electron chi connectivity index (χ2n) is 2.31. The zero-order chi connectivity index (χ0) is 9.23. The zero-order valence-electron chi connectivity index (χ0n) is 7.34. The van der Waals surface area contributed by atoms with E-state index in [4.69, 9.17) is 5.84 Å². The fourth-order valence-corrected chi connectivity index (χ4v) is 1.63. The van der Waals surface area contributed by atoms with Gasteiger partial charge in [0.05, 0.1) is 6.42 Å². The van der Waals surface area contributed by atoms with Crippen molar-refractivity contribution in [2.24, 2.45) is 5.84 Å². The first-order valence-corrected chi connectivity index (χ1v) is 5.19. The zero-order valence-corrected chi connectivity index (χ0v) is 8.15. The van der Waals surface area contributed by atoms with Gasteiger partial charge in [-0.15, -0.1) is 0 Å². The Bertz CT molecular complexity index is 122. The molecule has 0 aliphatic rings. The third-order valence-corrected chi connectivity index (χ3v) is 2.34. The molecule has 0 saturated carbocycles. The Morgan fingerprint density at radius 1 is 1.58 bits per heavy atom. The summed E-state index contributed by atoms with van der Waals surface area (Å²) in [6.07, 6.45) is 2.81. The van der Waals surface area contributed by atoms with E-state index in [0.717, 1.165) is 11.5 Å². The number of thioether (sulfide) groups is 1. The molecule has 0 spiro atoms. The van der Waals surface area contributed by atoms with E-state index >= 15 is 0 Å². The summed E-state index contributed by atoms with van der Waals surface area (Å²) in [4.78, 5) is 15.0. The molecule has 0 aromatic carbocycles. The number of nitrogens with one attached hydrogen (secondary N) is 1. The van der Waals surface area contributed by atoms with Crippen molar-refractivity contribution in [3.8, 4) is 0 Å². The Morgan fingerprint density at radius 2 is 2.33 bits per heavy atom. The van der Waals surface area contributed by atoms with Gasteiger partial charge in [0.2, 0.25) is 0 Å². The topological polar surface area (TPSA) is 64.3 Å². The highest BCUT2D eigenvalue weighted by atomic mass is 32.2. The fourth-order valence-electron chi connectivity index (χ4n) is 0.621. The minimum Gasteiger partial charge on any atom is -0.356 e. The molecule has 12 heavy (non-hydrogen) atoms. The molecular weight excluding hydrogens is 176 g/mol. The number of rotatable bonds is 7. The standard InChI is InChI=1S/C7H16N2O2S/c1-2-3-5-12-6-4-7(10)11-9-8/h9H,2-6,8H2,1H3. The monoisotopic (exact) mass is 192 g/mol. The van der Waals surface area contributed by atoms with E-state index in [-0.39, 0.29) is 5.97 Å². The van der Waals surface area contributed by atoms with Gasteiger partial charge < -0.3 is 4.84 Å². The number of nitrogens with two attached hydrogens (primary N) is 1. The predicted molar refractivity (Wildman–Crippen MR) is 50.3 cm³/mol. The molecule has 0 aliphatic carbocycles. The third kappa shape index (κ3) is 7.84. The smallest absolute Gasteiger partial charge is 0.327 e. The van der Waals surface area contributed by atoms with Crippen LogP contribution in [0.3, 0.4) is 0 Å². The number of hydrogen-bond acceptors (Lipinski definition) is 5. The summed E-state index contributed by atoms with van der Waals surface area (Å²) in [5, 5.41) is 0. The Kier molecular flexibility index (Phi) is 8.64. The molecule has 0 fully saturated rings. The lowest BCUT2D eigenvalue weighted by Gasteiger charge is -2.00. The Morgan fingerprint density at radius 3 is 2.92 bits per heavy atom. The molecule has 72 valence electrons. The SMILES string of the molecule is CCCCSCCC(=O)ONN. The van der Waals surface area contributed by atoms with Crippen LogP contribution >= 0.6 is 11.8 Å². The van der Waals surface area contributed by atoms with E-state index in [1.807, 2.05) is 5.59 Å². The van der Waals surface area contributed by atoms with Gasteiger partial charge in [-0.1, -0.05) is 18.9 Å². The Balaban J connectivity index is 3.03. The summed E-state index contributed by atoms with van der Waals surface area (Å²) in [5.74, 6) is 6.39. The maximum absolute atomic E-state index is 10.7. The molecule has 0 aromatic rings. The van der Waals surface area contributed by atoms with Crippen LogP contribution in [0.1, 0.15) is 26.2 Å². The molecule has 0 heterocycles. The molecule has 0 atom stereocenters. The highest BCUT2D eigenvalue weighted by molar-refractivity contribution is 7.99. The number of hydrazine groups is 1. The van der Waals surface area contributed by atoms with Gasteiger partial charge in [0.15, 0.2) is 0 Å². The van der Waals surface area contributed by atoms with Crippen molar-refractivity contribution < 1.29 is 9.63 Å². The van der Waals surface area contributed by atoms with E-state index in [0.29, 0.717) is 6.42 Å². The molecule has 0 aromatic heterocycles. The third-order valence-electron chi connectivity index (χ3n) is 1.27. The molecule has 3 N–H and O–H groups in total. The maximum Gasteiger partial charge on any atom is 0.327 e. The van der Waals surface area contributed by atoms with Gasteiger partial charge in [-0.05, 0) is 12.2 Å². The molecule has 0 amide bonds. The second kappa shape index (κ2) is 8.83. The molecule has 0 rings (SSSR count). The lowest BCUT2D eigenvalue weighted by Crippen LogP contribution is -2.26. The maximum atomic E-state index is 10.7. The minimum atomic E-state index is -0.304.